The predicted molar refractivity (Wildman–Crippen MR) is 87.7 cm³/mol. The van der Waals surface area contributed by atoms with E-state index < -0.39 is 6.10 Å². The minimum atomic E-state index is -0.464. The fourth-order valence-electron chi connectivity index (χ4n) is 3.11. The smallest absolute Gasteiger partial charge is 0.0946 e. The van der Waals surface area contributed by atoms with Crippen molar-refractivity contribution in [1.82, 2.24) is 14.1 Å². The van der Waals surface area contributed by atoms with Crippen LogP contribution in [0.1, 0.15) is 0 Å². The highest BCUT2D eigenvalue weighted by atomic mass is 16.3. The van der Waals surface area contributed by atoms with Crippen molar-refractivity contribution in [2.45, 2.75) is 19.2 Å². The van der Waals surface area contributed by atoms with E-state index in [4.69, 9.17) is 0 Å². The van der Waals surface area contributed by atoms with Gasteiger partial charge in [-0.25, -0.2) is 4.98 Å². The molecule has 2 aromatic heterocycles. The van der Waals surface area contributed by atoms with Crippen LogP contribution in [0.5, 0.6) is 0 Å². The van der Waals surface area contributed by atoms with E-state index in [2.05, 4.69) is 45.9 Å². The Hall–Kier alpha value is -2.59. The first-order chi connectivity index (χ1) is 10.8. The zero-order chi connectivity index (χ0) is 14.9. The molecule has 4 nitrogen and oxygen atoms in total. The molecule has 4 aromatic rings. The molecule has 2 heterocycles. The maximum atomic E-state index is 10.4. The van der Waals surface area contributed by atoms with E-state index in [1.165, 1.54) is 10.8 Å². The highest BCUT2D eigenvalue weighted by molar-refractivity contribution is 6.07. The van der Waals surface area contributed by atoms with E-state index >= 15 is 0 Å². The molecule has 4 rings (SSSR count). The second kappa shape index (κ2) is 5.31. The Morgan fingerprint density at radius 3 is 2.14 bits per heavy atom. The summed E-state index contributed by atoms with van der Waals surface area (Å²) >= 11 is 0. The van der Waals surface area contributed by atoms with Gasteiger partial charge in [0.1, 0.15) is 0 Å². The first kappa shape index (κ1) is 13.1. The van der Waals surface area contributed by atoms with Crippen molar-refractivity contribution in [1.29, 1.82) is 0 Å². The van der Waals surface area contributed by atoms with Crippen LogP contribution >= 0.6 is 0 Å². The van der Waals surface area contributed by atoms with Crippen molar-refractivity contribution >= 4 is 21.8 Å². The van der Waals surface area contributed by atoms with Crippen LogP contribution in [0.15, 0.2) is 67.3 Å². The number of imidazole rings is 1. The summed E-state index contributed by atoms with van der Waals surface area (Å²) < 4.78 is 4.10. The molecule has 0 fully saturated rings. The van der Waals surface area contributed by atoms with E-state index in [1.54, 1.807) is 12.5 Å². The Labute approximate surface area is 128 Å². The van der Waals surface area contributed by atoms with Crippen molar-refractivity contribution < 1.29 is 5.11 Å². The van der Waals surface area contributed by atoms with Gasteiger partial charge < -0.3 is 14.2 Å². The maximum Gasteiger partial charge on any atom is 0.0946 e. The summed E-state index contributed by atoms with van der Waals surface area (Å²) in [4.78, 5) is 4.02. The average Bonchev–Trinajstić information content (AvgIpc) is 3.15. The molecule has 0 aliphatic carbocycles. The number of hydrogen-bond acceptors (Lipinski definition) is 2. The van der Waals surface area contributed by atoms with Crippen LogP contribution in [0.4, 0.5) is 0 Å². The van der Waals surface area contributed by atoms with E-state index in [9.17, 15) is 5.11 Å². The molecule has 0 bridgehead atoms. The number of nitrogens with zero attached hydrogens (tertiary/aromatic N) is 3. The molecule has 4 heteroatoms. The lowest BCUT2D eigenvalue weighted by molar-refractivity contribution is 0.137. The Balaban J connectivity index is 1.76. The van der Waals surface area contributed by atoms with Gasteiger partial charge in [-0.2, -0.15) is 0 Å². The van der Waals surface area contributed by atoms with Crippen LogP contribution in [0.2, 0.25) is 0 Å². The normalized spacial score (nSPS) is 13.0. The van der Waals surface area contributed by atoms with Crippen LogP contribution < -0.4 is 0 Å². The number of aromatic nitrogens is 3. The van der Waals surface area contributed by atoms with Gasteiger partial charge in [-0.3, -0.25) is 0 Å². The van der Waals surface area contributed by atoms with Gasteiger partial charge in [-0.15, -0.1) is 0 Å². The number of aliphatic hydroxyl groups excluding tert-OH is 1. The predicted octanol–water partition coefficient (Wildman–Crippen LogP) is 3.05. The third-order valence-corrected chi connectivity index (χ3v) is 4.05. The molecule has 0 aliphatic heterocycles. The molecule has 1 atom stereocenters. The second-order valence-corrected chi connectivity index (χ2v) is 5.56. The second-order valence-electron chi connectivity index (χ2n) is 5.56. The summed E-state index contributed by atoms with van der Waals surface area (Å²) in [5.74, 6) is 0. The van der Waals surface area contributed by atoms with Crippen LogP contribution in [0, 0.1) is 0 Å². The van der Waals surface area contributed by atoms with Crippen molar-refractivity contribution in [3.8, 4) is 0 Å². The van der Waals surface area contributed by atoms with Gasteiger partial charge in [0.2, 0.25) is 0 Å². The molecule has 0 radical (unpaired) electrons. The highest BCUT2D eigenvalue weighted by Gasteiger charge is 2.13. The number of rotatable bonds is 4. The van der Waals surface area contributed by atoms with Crippen LogP contribution in [-0.4, -0.2) is 25.3 Å². The van der Waals surface area contributed by atoms with Crippen molar-refractivity contribution in [2.24, 2.45) is 0 Å². The van der Waals surface area contributed by atoms with Gasteiger partial charge in [0.15, 0.2) is 0 Å². The summed E-state index contributed by atoms with van der Waals surface area (Å²) in [6, 6.07) is 16.7. The van der Waals surface area contributed by atoms with E-state index in [0.717, 1.165) is 11.0 Å². The van der Waals surface area contributed by atoms with Crippen molar-refractivity contribution in [3.05, 3.63) is 67.3 Å². The summed E-state index contributed by atoms with van der Waals surface area (Å²) in [7, 11) is 0. The largest absolute Gasteiger partial charge is 0.389 e. The SMILES string of the molecule is O[C@@H](Cn1ccnc1)Cn1c2ccccc2c2ccccc21. The van der Waals surface area contributed by atoms with Crippen LogP contribution in [-0.2, 0) is 13.1 Å². The Bertz CT molecular complexity index is 855. The average molecular weight is 291 g/mol. The molecule has 0 amide bonds. The van der Waals surface area contributed by atoms with Gasteiger partial charge >= 0.3 is 0 Å². The lowest BCUT2D eigenvalue weighted by Crippen LogP contribution is -2.21. The summed E-state index contributed by atoms with van der Waals surface area (Å²) in [6.07, 6.45) is 4.87. The first-order valence-electron chi connectivity index (χ1n) is 7.43. The summed E-state index contributed by atoms with van der Waals surface area (Å²) in [5, 5.41) is 12.9. The molecule has 0 aliphatic rings. The molecule has 1 N–H and O–H groups in total. The Morgan fingerprint density at radius 1 is 0.909 bits per heavy atom. The maximum absolute atomic E-state index is 10.4. The molecule has 0 saturated carbocycles. The van der Waals surface area contributed by atoms with Gasteiger partial charge in [0, 0.05) is 34.2 Å². The quantitative estimate of drug-likeness (QED) is 0.628. The molecule has 110 valence electrons. The molecule has 0 saturated heterocycles. The first-order valence-corrected chi connectivity index (χ1v) is 7.43. The third-order valence-electron chi connectivity index (χ3n) is 4.05. The lowest BCUT2D eigenvalue weighted by atomic mass is 10.2. The van der Waals surface area contributed by atoms with Gasteiger partial charge in [0.05, 0.1) is 25.5 Å². The van der Waals surface area contributed by atoms with E-state index in [1.807, 2.05) is 22.9 Å². The zero-order valence-corrected chi connectivity index (χ0v) is 12.1. The number of aliphatic hydroxyl groups is 1. The molecule has 0 spiro atoms. The molecular weight excluding hydrogens is 274 g/mol. The Kier molecular flexibility index (Phi) is 3.16. The van der Waals surface area contributed by atoms with Gasteiger partial charge in [-0.05, 0) is 12.1 Å². The number of fused-ring (bicyclic) bond motifs is 3. The van der Waals surface area contributed by atoms with E-state index in [-0.39, 0.29) is 0 Å². The van der Waals surface area contributed by atoms with Gasteiger partial charge in [0.25, 0.3) is 0 Å². The fraction of sp³-hybridized carbons (Fsp3) is 0.167. The standard InChI is InChI=1S/C18H17N3O/c22-14(11-20-10-9-19-13-20)12-21-17-7-3-1-5-15(17)16-6-2-4-8-18(16)21/h1-10,13-14,22H,11-12H2/t14-/m0/s1. The molecular formula is C18H17N3O. The molecule has 22 heavy (non-hydrogen) atoms. The zero-order valence-electron chi connectivity index (χ0n) is 12.1. The third kappa shape index (κ3) is 2.18. The van der Waals surface area contributed by atoms with Crippen molar-refractivity contribution in [2.75, 3.05) is 0 Å². The number of benzene rings is 2. The van der Waals surface area contributed by atoms with E-state index in [0.29, 0.717) is 13.1 Å². The molecule has 0 unspecified atom stereocenters. The molecule has 2 aromatic carbocycles. The lowest BCUT2D eigenvalue weighted by Gasteiger charge is -2.14. The Morgan fingerprint density at radius 2 is 1.55 bits per heavy atom. The fourth-order valence-corrected chi connectivity index (χ4v) is 3.11. The minimum Gasteiger partial charge on any atom is -0.389 e. The van der Waals surface area contributed by atoms with Crippen LogP contribution in [0.3, 0.4) is 0 Å². The summed E-state index contributed by atoms with van der Waals surface area (Å²) in [6.45, 7) is 1.10. The minimum absolute atomic E-state index is 0.464. The monoisotopic (exact) mass is 291 g/mol. The van der Waals surface area contributed by atoms with Crippen LogP contribution in [0.25, 0.3) is 21.8 Å². The summed E-state index contributed by atoms with van der Waals surface area (Å²) in [5.41, 5.74) is 2.32. The van der Waals surface area contributed by atoms with Crippen molar-refractivity contribution in [3.63, 3.8) is 0 Å². The number of para-hydroxylation sites is 2. The highest BCUT2D eigenvalue weighted by Crippen LogP contribution is 2.28. The number of hydrogen-bond donors (Lipinski definition) is 1. The topological polar surface area (TPSA) is 43.0 Å². The van der Waals surface area contributed by atoms with Gasteiger partial charge in [-0.1, -0.05) is 36.4 Å².